The molecule has 32 heavy (non-hydrogen) atoms. The summed E-state index contributed by atoms with van der Waals surface area (Å²) < 4.78 is 33.9. The number of ether oxygens (including phenoxy) is 1. The average molecular weight is 451 g/mol. The Bertz CT molecular complexity index is 1190. The highest BCUT2D eigenvalue weighted by atomic mass is 32.2. The number of hydrogen-bond donors (Lipinski definition) is 1. The Morgan fingerprint density at radius 1 is 1.03 bits per heavy atom. The van der Waals surface area contributed by atoms with Gasteiger partial charge in [-0.25, -0.2) is 8.42 Å². The zero-order chi connectivity index (χ0) is 22.7. The SMILES string of the molecule is CCc1ccc([C@H](C)NC(=O)[C@H]2CN(S(=O)(=O)c3ccccc3)c3ccccc3O2)cc1. The first-order valence-electron chi connectivity index (χ1n) is 10.6. The van der Waals surface area contributed by atoms with Gasteiger partial charge in [0.1, 0.15) is 5.75 Å². The van der Waals surface area contributed by atoms with E-state index in [0.717, 1.165) is 12.0 Å². The highest BCUT2D eigenvalue weighted by Crippen LogP contribution is 2.36. The van der Waals surface area contributed by atoms with Gasteiger partial charge in [0.05, 0.1) is 23.2 Å². The van der Waals surface area contributed by atoms with Gasteiger partial charge in [0.15, 0.2) is 6.10 Å². The lowest BCUT2D eigenvalue weighted by atomic mass is 10.0. The minimum absolute atomic E-state index is 0.110. The van der Waals surface area contributed by atoms with Crippen LogP contribution in [0.25, 0.3) is 0 Å². The molecular weight excluding hydrogens is 424 g/mol. The number of nitrogens with one attached hydrogen (secondary N) is 1. The van der Waals surface area contributed by atoms with Crippen LogP contribution in [0.4, 0.5) is 5.69 Å². The van der Waals surface area contributed by atoms with Crippen molar-refractivity contribution in [2.45, 2.75) is 37.3 Å². The number of aryl methyl sites for hydroxylation is 1. The van der Waals surface area contributed by atoms with Crippen LogP contribution in [0.2, 0.25) is 0 Å². The molecule has 6 nitrogen and oxygen atoms in total. The van der Waals surface area contributed by atoms with Gasteiger partial charge in [-0.2, -0.15) is 0 Å². The van der Waals surface area contributed by atoms with Crippen molar-refractivity contribution in [2.75, 3.05) is 10.8 Å². The van der Waals surface area contributed by atoms with Crippen LogP contribution in [0, 0.1) is 0 Å². The molecule has 2 atom stereocenters. The van der Waals surface area contributed by atoms with Crippen molar-refractivity contribution in [3.05, 3.63) is 90.0 Å². The quantitative estimate of drug-likeness (QED) is 0.614. The Labute approximate surface area is 188 Å². The third-order valence-corrected chi connectivity index (χ3v) is 7.40. The average Bonchev–Trinajstić information content (AvgIpc) is 2.83. The number of carbonyl (C=O) groups excluding carboxylic acids is 1. The van der Waals surface area contributed by atoms with Crippen LogP contribution in [0.3, 0.4) is 0 Å². The number of anilines is 1. The maximum Gasteiger partial charge on any atom is 0.264 e. The van der Waals surface area contributed by atoms with Crippen LogP contribution in [0.15, 0.2) is 83.8 Å². The van der Waals surface area contributed by atoms with Crippen molar-refractivity contribution in [2.24, 2.45) is 0 Å². The van der Waals surface area contributed by atoms with E-state index in [1.807, 2.05) is 31.2 Å². The highest BCUT2D eigenvalue weighted by molar-refractivity contribution is 7.92. The first kappa shape index (κ1) is 21.9. The molecule has 0 fully saturated rings. The molecule has 0 saturated heterocycles. The van der Waals surface area contributed by atoms with Crippen LogP contribution in [-0.4, -0.2) is 27.0 Å². The van der Waals surface area contributed by atoms with Crippen LogP contribution in [0.5, 0.6) is 5.75 Å². The van der Waals surface area contributed by atoms with Crippen LogP contribution < -0.4 is 14.4 Å². The Morgan fingerprint density at radius 3 is 2.38 bits per heavy atom. The minimum Gasteiger partial charge on any atom is -0.476 e. The summed E-state index contributed by atoms with van der Waals surface area (Å²) in [6.07, 6.45) is -0.0250. The molecule has 7 heteroatoms. The Kier molecular flexibility index (Phi) is 6.19. The number of amides is 1. The Hall–Kier alpha value is -3.32. The second-order valence-corrected chi connectivity index (χ2v) is 9.61. The molecule has 0 spiro atoms. The van der Waals surface area contributed by atoms with Gasteiger partial charge in [-0.1, -0.05) is 61.5 Å². The maximum absolute atomic E-state index is 13.4. The molecule has 0 aromatic heterocycles. The predicted octanol–water partition coefficient (Wildman–Crippen LogP) is 4.08. The highest BCUT2D eigenvalue weighted by Gasteiger charge is 2.37. The normalized spacial score (nSPS) is 16.6. The van der Waals surface area contributed by atoms with E-state index in [2.05, 4.69) is 12.2 Å². The van der Waals surface area contributed by atoms with E-state index in [9.17, 15) is 13.2 Å². The predicted molar refractivity (Wildman–Crippen MR) is 124 cm³/mol. The zero-order valence-corrected chi connectivity index (χ0v) is 18.9. The molecule has 1 N–H and O–H groups in total. The first-order valence-corrected chi connectivity index (χ1v) is 12.1. The fraction of sp³-hybridized carbons (Fsp3) is 0.240. The molecule has 166 valence electrons. The molecule has 1 heterocycles. The second-order valence-electron chi connectivity index (χ2n) is 7.75. The molecule has 4 rings (SSSR count). The summed E-state index contributed by atoms with van der Waals surface area (Å²) in [6, 6.07) is 22.9. The summed E-state index contributed by atoms with van der Waals surface area (Å²) in [6.45, 7) is 3.88. The van der Waals surface area contributed by atoms with Gasteiger partial charge < -0.3 is 10.1 Å². The molecule has 1 aliphatic rings. The Morgan fingerprint density at radius 2 is 1.69 bits per heavy atom. The molecule has 0 saturated carbocycles. The molecule has 3 aromatic carbocycles. The minimum atomic E-state index is -3.86. The number of carbonyl (C=O) groups is 1. The van der Waals surface area contributed by atoms with Gasteiger partial charge in [0.25, 0.3) is 15.9 Å². The fourth-order valence-corrected chi connectivity index (χ4v) is 5.21. The molecule has 1 aliphatic heterocycles. The molecule has 3 aromatic rings. The smallest absolute Gasteiger partial charge is 0.264 e. The second kappa shape index (κ2) is 9.04. The number of nitrogens with zero attached hydrogens (tertiary/aromatic N) is 1. The van der Waals surface area contributed by atoms with E-state index in [4.69, 9.17) is 4.74 Å². The molecular formula is C25H26N2O4S. The number of hydrogen-bond acceptors (Lipinski definition) is 4. The van der Waals surface area contributed by atoms with E-state index in [1.165, 1.54) is 9.87 Å². The fourth-order valence-electron chi connectivity index (χ4n) is 3.72. The number of para-hydroxylation sites is 2. The topological polar surface area (TPSA) is 75.7 Å². The van der Waals surface area contributed by atoms with E-state index in [1.54, 1.807) is 54.6 Å². The third kappa shape index (κ3) is 4.34. The number of rotatable bonds is 6. The van der Waals surface area contributed by atoms with Gasteiger partial charge in [0.2, 0.25) is 0 Å². The Balaban J connectivity index is 1.58. The van der Waals surface area contributed by atoms with E-state index in [-0.39, 0.29) is 23.4 Å². The summed E-state index contributed by atoms with van der Waals surface area (Å²) in [4.78, 5) is 13.2. The van der Waals surface area contributed by atoms with Gasteiger partial charge in [-0.3, -0.25) is 9.10 Å². The van der Waals surface area contributed by atoms with Gasteiger partial charge in [-0.05, 0) is 48.7 Å². The maximum atomic E-state index is 13.4. The van der Waals surface area contributed by atoms with Crippen LogP contribution >= 0.6 is 0 Å². The van der Waals surface area contributed by atoms with Crippen LogP contribution in [-0.2, 0) is 21.2 Å². The summed E-state index contributed by atoms with van der Waals surface area (Å²) in [5.41, 5.74) is 2.62. The summed E-state index contributed by atoms with van der Waals surface area (Å²) >= 11 is 0. The standard InChI is InChI=1S/C25H26N2O4S/c1-3-19-13-15-20(16-14-19)18(2)26-25(28)24-17-27(22-11-7-8-12-23(22)31-24)32(29,30)21-9-5-4-6-10-21/h4-16,18,24H,3,17H2,1-2H3,(H,26,28)/t18-,24+/m0/s1. The van der Waals surface area contributed by atoms with Crippen molar-refractivity contribution in [1.29, 1.82) is 0 Å². The summed E-state index contributed by atoms with van der Waals surface area (Å²) in [5.74, 6) is -0.00168. The molecule has 0 aliphatic carbocycles. The number of sulfonamides is 1. The number of fused-ring (bicyclic) bond motifs is 1. The molecule has 0 radical (unpaired) electrons. The lowest BCUT2D eigenvalue weighted by Gasteiger charge is -2.35. The first-order chi connectivity index (χ1) is 15.4. The van der Waals surface area contributed by atoms with E-state index >= 15 is 0 Å². The third-order valence-electron chi connectivity index (χ3n) is 5.61. The molecule has 0 bridgehead atoms. The van der Waals surface area contributed by atoms with Crippen molar-refractivity contribution in [3.8, 4) is 5.75 Å². The zero-order valence-electron chi connectivity index (χ0n) is 18.1. The molecule has 1 amide bonds. The number of benzene rings is 3. The van der Waals surface area contributed by atoms with Gasteiger partial charge in [0, 0.05) is 0 Å². The van der Waals surface area contributed by atoms with Crippen molar-refractivity contribution >= 4 is 21.6 Å². The summed E-state index contributed by atoms with van der Waals surface area (Å²) in [5, 5.41) is 2.96. The van der Waals surface area contributed by atoms with Crippen LogP contribution in [0.1, 0.15) is 31.0 Å². The van der Waals surface area contributed by atoms with Gasteiger partial charge >= 0.3 is 0 Å². The van der Waals surface area contributed by atoms with E-state index < -0.39 is 16.1 Å². The monoisotopic (exact) mass is 450 g/mol. The van der Waals surface area contributed by atoms with Gasteiger partial charge in [-0.15, -0.1) is 0 Å². The van der Waals surface area contributed by atoms with Crippen molar-refractivity contribution < 1.29 is 17.9 Å². The largest absolute Gasteiger partial charge is 0.476 e. The lowest BCUT2D eigenvalue weighted by Crippen LogP contribution is -2.51. The summed E-state index contributed by atoms with van der Waals surface area (Å²) in [7, 11) is -3.86. The van der Waals surface area contributed by atoms with Crippen molar-refractivity contribution in [1.82, 2.24) is 5.32 Å². The lowest BCUT2D eigenvalue weighted by molar-refractivity contribution is -0.128. The van der Waals surface area contributed by atoms with E-state index in [0.29, 0.717) is 11.4 Å². The van der Waals surface area contributed by atoms with Crippen molar-refractivity contribution in [3.63, 3.8) is 0 Å². The molecule has 0 unspecified atom stereocenters.